The summed E-state index contributed by atoms with van der Waals surface area (Å²) in [7, 11) is 0. The maximum absolute atomic E-state index is 13.9. The first-order valence-electron chi connectivity index (χ1n) is 9.15. The van der Waals surface area contributed by atoms with Crippen molar-refractivity contribution in [2.75, 3.05) is 36.4 Å². The minimum atomic E-state index is -0.421. The number of carbonyl (C=O) groups is 1. The van der Waals surface area contributed by atoms with Crippen LogP contribution in [-0.4, -0.2) is 52.4 Å². The first-order chi connectivity index (χ1) is 13.6. The molecule has 2 N–H and O–H groups in total. The van der Waals surface area contributed by atoms with E-state index in [9.17, 15) is 9.18 Å². The molecular weight excluding hydrogens is 359 g/mol. The number of aromatic amines is 1. The molecular formula is C20H21FN6O. The van der Waals surface area contributed by atoms with Crippen molar-refractivity contribution >= 4 is 23.1 Å². The first-order valence-corrected chi connectivity index (χ1v) is 9.15. The normalized spacial score (nSPS) is 14.2. The molecule has 0 atom stereocenters. The second-order valence-electron chi connectivity index (χ2n) is 6.74. The summed E-state index contributed by atoms with van der Waals surface area (Å²) in [5.74, 6) is -0.428. The van der Waals surface area contributed by atoms with E-state index in [0.29, 0.717) is 13.1 Å². The highest BCUT2D eigenvalue weighted by Gasteiger charge is 2.27. The van der Waals surface area contributed by atoms with Gasteiger partial charge in [-0.05, 0) is 31.2 Å². The molecule has 2 heterocycles. The highest BCUT2D eigenvalue weighted by molar-refractivity contribution is 5.97. The Morgan fingerprint density at radius 1 is 1.04 bits per heavy atom. The predicted octanol–water partition coefficient (Wildman–Crippen LogP) is 2.96. The van der Waals surface area contributed by atoms with Crippen molar-refractivity contribution in [2.45, 2.75) is 6.92 Å². The van der Waals surface area contributed by atoms with Crippen LogP contribution < -0.4 is 10.2 Å². The number of hydrogen-bond acceptors (Lipinski definition) is 5. The van der Waals surface area contributed by atoms with Crippen molar-refractivity contribution in [1.29, 1.82) is 0 Å². The van der Waals surface area contributed by atoms with Crippen LogP contribution in [0.2, 0.25) is 0 Å². The van der Waals surface area contributed by atoms with Crippen LogP contribution in [0.1, 0.15) is 16.1 Å². The number of benzene rings is 2. The van der Waals surface area contributed by atoms with Crippen molar-refractivity contribution in [3.8, 4) is 0 Å². The van der Waals surface area contributed by atoms with E-state index in [1.807, 2.05) is 0 Å². The van der Waals surface area contributed by atoms with Crippen molar-refractivity contribution in [2.24, 2.45) is 0 Å². The summed E-state index contributed by atoms with van der Waals surface area (Å²) in [6.45, 7) is 4.70. The number of aryl methyl sites for hydroxylation is 1. The van der Waals surface area contributed by atoms with Gasteiger partial charge in [0.15, 0.2) is 11.5 Å². The molecule has 1 amide bonds. The van der Waals surface area contributed by atoms with Crippen LogP contribution in [0.5, 0.6) is 0 Å². The molecule has 0 aliphatic carbocycles. The van der Waals surface area contributed by atoms with Crippen LogP contribution in [0, 0.1) is 12.7 Å². The average Bonchev–Trinajstić information content (AvgIpc) is 3.18. The van der Waals surface area contributed by atoms with Crippen molar-refractivity contribution in [1.82, 2.24) is 20.3 Å². The number of anilines is 3. The topological polar surface area (TPSA) is 77.2 Å². The Kier molecular flexibility index (Phi) is 4.92. The molecule has 0 bridgehead atoms. The second-order valence-corrected chi connectivity index (χ2v) is 6.74. The van der Waals surface area contributed by atoms with Crippen LogP contribution in [-0.2, 0) is 0 Å². The number of hydrogen-bond donors (Lipinski definition) is 2. The SMILES string of the molecule is Cc1ccc(N2CCN(C(=O)c3n[nH]nc3Nc3ccccc3F)CC2)cc1. The molecule has 8 heteroatoms. The van der Waals surface area contributed by atoms with E-state index in [1.54, 1.807) is 23.1 Å². The number of halogens is 1. The molecule has 1 aliphatic heterocycles. The maximum atomic E-state index is 13.9. The summed E-state index contributed by atoms with van der Waals surface area (Å²) in [6.07, 6.45) is 0. The fourth-order valence-corrected chi connectivity index (χ4v) is 3.23. The Labute approximate surface area is 162 Å². The molecule has 1 aliphatic rings. The molecule has 1 fully saturated rings. The Morgan fingerprint density at radius 3 is 2.46 bits per heavy atom. The van der Waals surface area contributed by atoms with Crippen LogP contribution in [0.25, 0.3) is 0 Å². The summed E-state index contributed by atoms with van der Waals surface area (Å²) < 4.78 is 13.9. The quantitative estimate of drug-likeness (QED) is 0.728. The van der Waals surface area contributed by atoms with Gasteiger partial charge in [0.1, 0.15) is 5.82 Å². The van der Waals surface area contributed by atoms with E-state index < -0.39 is 5.82 Å². The van der Waals surface area contributed by atoms with Gasteiger partial charge in [0.05, 0.1) is 5.69 Å². The number of carbonyl (C=O) groups excluding carboxylic acids is 1. The molecule has 1 saturated heterocycles. The number of piperazine rings is 1. The average molecular weight is 380 g/mol. The molecule has 0 radical (unpaired) electrons. The number of aromatic nitrogens is 3. The highest BCUT2D eigenvalue weighted by Crippen LogP contribution is 2.22. The summed E-state index contributed by atoms with van der Waals surface area (Å²) in [4.78, 5) is 16.9. The highest BCUT2D eigenvalue weighted by atomic mass is 19.1. The number of amides is 1. The van der Waals surface area contributed by atoms with Crippen LogP contribution >= 0.6 is 0 Å². The van der Waals surface area contributed by atoms with Crippen molar-refractivity contribution < 1.29 is 9.18 Å². The largest absolute Gasteiger partial charge is 0.368 e. The van der Waals surface area contributed by atoms with Gasteiger partial charge in [-0.15, -0.1) is 10.2 Å². The van der Waals surface area contributed by atoms with E-state index in [2.05, 4.69) is 56.8 Å². The third kappa shape index (κ3) is 3.66. The lowest BCUT2D eigenvalue weighted by Gasteiger charge is -2.35. The van der Waals surface area contributed by atoms with Crippen molar-refractivity contribution in [3.05, 3.63) is 65.6 Å². The van der Waals surface area contributed by atoms with E-state index >= 15 is 0 Å². The lowest BCUT2D eigenvalue weighted by Crippen LogP contribution is -2.49. The van der Waals surface area contributed by atoms with Gasteiger partial charge in [-0.1, -0.05) is 29.8 Å². The Bertz CT molecular complexity index is 963. The molecule has 144 valence electrons. The van der Waals surface area contributed by atoms with Gasteiger partial charge < -0.3 is 15.1 Å². The third-order valence-electron chi connectivity index (χ3n) is 4.84. The minimum Gasteiger partial charge on any atom is -0.368 e. The monoisotopic (exact) mass is 380 g/mol. The van der Waals surface area contributed by atoms with Gasteiger partial charge in [0.25, 0.3) is 5.91 Å². The number of para-hydroxylation sites is 1. The van der Waals surface area contributed by atoms with Gasteiger partial charge in [-0.2, -0.15) is 5.21 Å². The van der Waals surface area contributed by atoms with E-state index in [-0.39, 0.29) is 23.1 Å². The Hall–Kier alpha value is -3.42. The summed E-state index contributed by atoms with van der Waals surface area (Å²) >= 11 is 0. The molecule has 0 spiro atoms. The smallest absolute Gasteiger partial charge is 0.278 e. The zero-order chi connectivity index (χ0) is 19.5. The van der Waals surface area contributed by atoms with Crippen LogP contribution in [0.15, 0.2) is 48.5 Å². The standard InChI is InChI=1S/C20H21FN6O/c1-14-6-8-15(9-7-14)26-10-12-27(13-11-26)20(28)18-19(24-25-23-18)22-17-5-3-2-4-16(17)21/h2-9H,10-13H2,1H3,(H2,22,23,24,25). The summed E-state index contributed by atoms with van der Waals surface area (Å²) in [5, 5.41) is 13.2. The van der Waals surface area contributed by atoms with E-state index in [4.69, 9.17) is 0 Å². The van der Waals surface area contributed by atoms with Crippen molar-refractivity contribution in [3.63, 3.8) is 0 Å². The first kappa shape index (κ1) is 18.0. The van der Waals surface area contributed by atoms with E-state index in [0.717, 1.165) is 18.8 Å². The molecule has 28 heavy (non-hydrogen) atoms. The molecule has 3 aromatic rings. The second kappa shape index (κ2) is 7.67. The summed E-state index contributed by atoms with van der Waals surface area (Å²) in [5.41, 5.74) is 2.78. The molecule has 7 nitrogen and oxygen atoms in total. The zero-order valence-electron chi connectivity index (χ0n) is 15.5. The van der Waals surface area contributed by atoms with Gasteiger partial charge in [0.2, 0.25) is 0 Å². The Balaban J connectivity index is 1.43. The van der Waals surface area contributed by atoms with Gasteiger partial charge in [-0.3, -0.25) is 4.79 Å². The number of nitrogens with zero attached hydrogens (tertiary/aromatic N) is 4. The predicted molar refractivity (Wildman–Crippen MR) is 105 cm³/mol. The lowest BCUT2D eigenvalue weighted by atomic mass is 10.2. The molecule has 0 unspecified atom stereocenters. The molecule has 0 saturated carbocycles. The van der Waals surface area contributed by atoms with E-state index in [1.165, 1.54) is 11.6 Å². The molecule has 2 aromatic carbocycles. The summed E-state index contributed by atoms with van der Waals surface area (Å²) in [6, 6.07) is 14.6. The van der Waals surface area contributed by atoms with Crippen LogP contribution in [0.3, 0.4) is 0 Å². The molecule has 4 rings (SSSR count). The molecule has 1 aromatic heterocycles. The zero-order valence-corrected chi connectivity index (χ0v) is 15.5. The third-order valence-corrected chi connectivity index (χ3v) is 4.84. The number of nitrogens with one attached hydrogen (secondary N) is 2. The van der Waals surface area contributed by atoms with Gasteiger partial charge >= 0.3 is 0 Å². The Morgan fingerprint density at radius 2 is 1.75 bits per heavy atom. The lowest BCUT2D eigenvalue weighted by molar-refractivity contribution is 0.0742. The number of H-pyrrole nitrogens is 1. The fourth-order valence-electron chi connectivity index (χ4n) is 3.23. The maximum Gasteiger partial charge on any atom is 0.278 e. The number of rotatable bonds is 4. The van der Waals surface area contributed by atoms with Crippen LogP contribution in [0.4, 0.5) is 21.6 Å². The van der Waals surface area contributed by atoms with Gasteiger partial charge in [0, 0.05) is 31.9 Å². The fraction of sp³-hybridized carbons (Fsp3) is 0.250. The van der Waals surface area contributed by atoms with Gasteiger partial charge in [-0.25, -0.2) is 4.39 Å². The minimum absolute atomic E-state index is 0.159.